The van der Waals surface area contributed by atoms with Gasteiger partial charge >= 0.3 is 5.97 Å². The summed E-state index contributed by atoms with van der Waals surface area (Å²) in [5, 5.41) is 23.8. The Bertz CT molecular complexity index is 869. The number of carboxylic acid groups (broad SMARTS) is 1. The summed E-state index contributed by atoms with van der Waals surface area (Å²) in [4.78, 5) is 27.8. The first-order valence-corrected chi connectivity index (χ1v) is 11.8. The number of ether oxygens (including phenoxy) is 3. The number of azide groups is 1. The smallest absolute Gasteiger partial charge is 0.306 e. The molecule has 0 fully saturated rings. The van der Waals surface area contributed by atoms with E-state index in [0.717, 1.165) is 5.56 Å². The first-order chi connectivity index (χ1) is 16.6. The number of aliphatic carboxylic acids is 1. The van der Waals surface area contributed by atoms with Gasteiger partial charge in [0.2, 0.25) is 0 Å². The van der Waals surface area contributed by atoms with Gasteiger partial charge in [-0.25, -0.2) is 0 Å². The van der Waals surface area contributed by atoms with Crippen LogP contribution >= 0.6 is 0 Å². The molecule has 10 heteroatoms. The third kappa shape index (κ3) is 9.39. The molecule has 0 aliphatic rings. The summed E-state index contributed by atoms with van der Waals surface area (Å²) in [6.07, 6.45) is -0.559. The Labute approximate surface area is 207 Å². The lowest BCUT2D eigenvalue weighted by Crippen LogP contribution is -2.41. The summed E-state index contributed by atoms with van der Waals surface area (Å²) in [5.74, 6) is -2.20. The van der Waals surface area contributed by atoms with Crippen molar-refractivity contribution in [3.63, 3.8) is 0 Å². The summed E-state index contributed by atoms with van der Waals surface area (Å²) in [6.45, 7) is 8.21. The predicted molar refractivity (Wildman–Crippen MR) is 132 cm³/mol. The van der Waals surface area contributed by atoms with Crippen LogP contribution in [0.2, 0.25) is 0 Å². The predicted octanol–water partition coefficient (Wildman–Crippen LogP) is 4.28. The molecule has 10 nitrogen and oxygen atoms in total. The summed E-state index contributed by atoms with van der Waals surface area (Å²) >= 11 is 0. The molecule has 0 saturated carbocycles. The molecule has 1 aromatic carbocycles. The number of hydrogen-bond donors (Lipinski definition) is 2. The highest BCUT2D eigenvalue weighted by Crippen LogP contribution is 2.31. The van der Waals surface area contributed by atoms with Gasteiger partial charge in [0.05, 0.1) is 25.7 Å². The van der Waals surface area contributed by atoms with Crippen molar-refractivity contribution in [3.05, 3.63) is 34.2 Å². The van der Waals surface area contributed by atoms with E-state index in [9.17, 15) is 19.8 Å². The summed E-state index contributed by atoms with van der Waals surface area (Å²) < 4.78 is 16.2. The van der Waals surface area contributed by atoms with E-state index in [1.165, 1.54) is 0 Å². The second-order valence-corrected chi connectivity index (χ2v) is 9.28. The average Bonchev–Trinajstić information content (AvgIpc) is 2.81. The highest BCUT2D eigenvalue weighted by atomic mass is 16.5. The lowest BCUT2D eigenvalue weighted by molar-refractivity contribution is -0.145. The quantitative estimate of drug-likeness (QED) is 0.142. The van der Waals surface area contributed by atoms with E-state index < -0.39 is 35.7 Å². The number of carbonyl (C=O) groups is 2. The molecule has 0 unspecified atom stereocenters. The van der Waals surface area contributed by atoms with Crippen LogP contribution in [0.4, 0.5) is 0 Å². The van der Waals surface area contributed by atoms with Crippen LogP contribution in [0.15, 0.2) is 23.3 Å². The zero-order chi connectivity index (χ0) is 26.5. The maximum absolute atomic E-state index is 13.5. The molecule has 196 valence electrons. The van der Waals surface area contributed by atoms with E-state index in [1.807, 2.05) is 26.0 Å². The Morgan fingerprint density at radius 2 is 1.71 bits per heavy atom. The van der Waals surface area contributed by atoms with Gasteiger partial charge in [-0.3, -0.25) is 9.59 Å². The monoisotopic (exact) mass is 493 g/mol. The fourth-order valence-corrected chi connectivity index (χ4v) is 3.91. The molecule has 0 aliphatic heterocycles. The van der Waals surface area contributed by atoms with Gasteiger partial charge in [-0.2, -0.15) is 0 Å². The lowest BCUT2D eigenvalue weighted by atomic mass is 9.80. The van der Waals surface area contributed by atoms with Crippen molar-refractivity contribution in [1.82, 2.24) is 0 Å². The highest BCUT2D eigenvalue weighted by molar-refractivity contribution is 5.87. The zero-order valence-corrected chi connectivity index (χ0v) is 21.5. The van der Waals surface area contributed by atoms with Crippen molar-refractivity contribution < 1.29 is 34.0 Å². The van der Waals surface area contributed by atoms with Crippen LogP contribution < -0.4 is 9.47 Å². The normalized spacial score (nSPS) is 14.7. The van der Waals surface area contributed by atoms with E-state index in [2.05, 4.69) is 10.0 Å². The van der Waals surface area contributed by atoms with Crippen LogP contribution in [0.3, 0.4) is 0 Å². The maximum Gasteiger partial charge on any atom is 0.306 e. The molecule has 0 radical (unpaired) electrons. The van der Waals surface area contributed by atoms with Crippen LogP contribution in [0.25, 0.3) is 10.4 Å². The molecule has 1 aromatic rings. The van der Waals surface area contributed by atoms with Crippen LogP contribution in [0.1, 0.15) is 46.1 Å². The molecule has 35 heavy (non-hydrogen) atoms. The maximum atomic E-state index is 13.5. The zero-order valence-electron chi connectivity index (χ0n) is 21.5. The lowest BCUT2D eigenvalue weighted by Gasteiger charge is -2.28. The number of methoxy groups -OCH3 is 2. The Kier molecular flexibility index (Phi) is 13.2. The standard InChI is InChI=1S/C25H39N3O7/c1-15(2)18(12-17-8-9-21(34-6)22(13-17)35-11-7-10-33-5)24(30)23(27-28-26)20(29)14-19(16(3)4)25(31)32/h8-9,13,15-16,18-20,23,29H,7,10-12,14H2,1-6H3,(H,31,32)/t18-,19+,20+,23-/m1/s1. The van der Waals surface area contributed by atoms with Gasteiger partial charge in [0.25, 0.3) is 0 Å². The van der Waals surface area contributed by atoms with Crippen molar-refractivity contribution in [3.8, 4) is 11.5 Å². The number of benzene rings is 1. The molecule has 4 atom stereocenters. The Balaban J connectivity index is 3.14. The minimum Gasteiger partial charge on any atom is -0.493 e. The molecule has 1 rings (SSSR count). The number of carboxylic acids is 1. The highest BCUT2D eigenvalue weighted by Gasteiger charge is 2.36. The number of hydrogen-bond acceptors (Lipinski definition) is 7. The van der Waals surface area contributed by atoms with Crippen molar-refractivity contribution >= 4 is 11.8 Å². The number of Topliss-reactive ketones (excluding diaryl/α,β-unsaturated/α-hetero) is 1. The summed E-state index contributed by atoms with van der Waals surface area (Å²) in [6, 6.07) is 4.03. The topological polar surface area (TPSA) is 151 Å². The van der Waals surface area contributed by atoms with Crippen molar-refractivity contribution in [2.45, 2.75) is 59.1 Å². The number of carbonyl (C=O) groups excluding carboxylic acids is 1. The number of nitrogens with zero attached hydrogens (tertiary/aromatic N) is 3. The minimum absolute atomic E-state index is 0.125. The van der Waals surface area contributed by atoms with Gasteiger partial charge < -0.3 is 24.4 Å². The molecular formula is C25H39N3O7. The van der Waals surface area contributed by atoms with E-state index in [-0.39, 0.29) is 18.3 Å². The molecule has 0 bridgehead atoms. The van der Waals surface area contributed by atoms with Gasteiger partial charge in [-0.1, -0.05) is 38.9 Å². The van der Waals surface area contributed by atoms with Crippen molar-refractivity contribution in [2.75, 3.05) is 27.4 Å². The van der Waals surface area contributed by atoms with Gasteiger partial charge in [0.1, 0.15) is 11.8 Å². The average molecular weight is 494 g/mol. The molecule has 0 amide bonds. The third-order valence-corrected chi connectivity index (χ3v) is 6.05. The second kappa shape index (κ2) is 15.2. The molecule has 0 aromatic heterocycles. The summed E-state index contributed by atoms with van der Waals surface area (Å²) in [7, 11) is 3.17. The fourth-order valence-electron chi connectivity index (χ4n) is 3.91. The largest absolute Gasteiger partial charge is 0.493 e. The molecular weight excluding hydrogens is 454 g/mol. The molecule has 0 saturated heterocycles. The summed E-state index contributed by atoms with van der Waals surface area (Å²) in [5.41, 5.74) is 9.87. The van der Waals surface area contributed by atoms with Crippen LogP contribution in [-0.4, -0.2) is 61.5 Å². The second-order valence-electron chi connectivity index (χ2n) is 9.28. The van der Waals surface area contributed by atoms with Crippen LogP contribution in [-0.2, 0) is 20.7 Å². The van der Waals surface area contributed by atoms with Crippen LogP contribution in [0.5, 0.6) is 11.5 Å². The molecule has 0 heterocycles. The Hall–Kier alpha value is -2.81. The third-order valence-electron chi connectivity index (χ3n) is 6.05. The first-order valence-electron chi connectivity index (χ1n) is 11.8. The molecule has 2 N–H and O–H groups in total. The molecule has 0 aliphatic carbocycles. The van der Waals surface area contributed by atoms with E-state index in [0.29, 0.717) is 37.6 Å². The van der Waals surface area contributed by atoms with Crippen LogP contribution in [0, 0.1) is 23.7 Å². The van der Waals surface area contributed by atoms with E-state index >= 15 is 0 Å². The van der Waals surface area contributed by atoms with E-state index in [1.54, 1.807) is 34.1 Å². The fraction of sp³-hybridized carbons (Fsp3) is 0.680. The Morgan fingerprint density at radius 1 is 1.06 bits per heavy atom. The number of ketones is 1. The molecule has 0 spiro atoms. The number of rotatable bonds is 17. The number of aliphatic hydroxyl groups excluding tert-OH is 1. The van der Waals surface area contributed by atoms with Gasteiger partial charge in [-0.15, -0.1) is 0 Å². The van der Waals surface area contributed by atoms with Gasteiger partial charge in [0, 0.05) is 31.0 Å². The van der Waals surface area contributed by atoms with Gasteiger partial charge in [0.15, 0.2) is 11.5 Å². The van der Waals surface area contributed by atoms with E-state index in [4.69, 9.17) is 19.7 Å². The van der Waals surface area contributed by atoms with Crippen molar-refractivity contribution in [1.29, 1.82) is 0 Å². The minimum atomic E-state index is -1.40. The SMILES string of the molecule is COCCCOc1cc(C[C@@H](C(=O)[C@H](N=[N+]=[N-])[C@@H](O)C[C@H](C(=O)O)C(C)C)C(C)C)ccc1OC. The number of aliphatic hydroxyl groups is 1. The Morgan fingerprint density at radius 3 is 2.23 bits per heavy atom. The van der Waals surface area contributed by atoms with Gasteiger partial charge in [-0.05, 0) is 47.9 Å². The van der Waals surface area contributed by atoms with Crippen molar-refractivity contribution in [2.24, 2.45) is 28.8 Å². The first kappa shape index (κ1) is 30.2.